The third-order valence-electron chi connectivity index (χ3n) is 7.56. The molecule has 0 saturated carbocycles. The first-order valence-electron chi connectivity index (χ1n) is 12.1. The van der Waals surface area contributed by atoms with Gasteiger partial charge in [-0.25, -0.2) is 0 Å². The predicted molar refractivity (Wildman–Crippen MR) is 133 cm³/mol. The second-order valence-corrected chi connectivity index (χ2v) is 10.7. The molecule has 0 spiro atoms. The summed E-state index contributed by atoms with van der Waals surface area (Å²) in [6, 6.07) is 11.2. The number of phenols is 1. The summed E-state index contributed by atoms with van der Waals surface area (Å²) < 4.78 is 6.26. The van der Waals surface area contributed by atoms with Crippen LogP contribution in [0, 0.1) is 17.8 Å². The lowest BCUT2D eigenvalue weighted by Gasteiger charge is -2.30. The summed E-state index contributed by atoms with van der Waals surface area (Å²) in [6.07, 6.45) is 5.48. The number of thiophene rings is 1. The van der Waals surface area contributed by atoms with Crippen molar-refractivity contribution in [3.8, 4) is 5.75 Å². The van der Waals surface area contributed by atoms with Gasteiger partial charge in [-0.15, -0.1) is 11.3 Å². The summed E-state index contributed by atoms with van der Waals surface area (Å²) in [5, 5.41) is 11.7. The van der Waals surface area contributed by atoms with E-state index < -0.39 is 0 Å². The van der Waals surface area contributed by atoms with Gasteiger partial charge in [0.25, 0.3) is 0 Å². The lowest BCUT2D eigenvalue weighted by atomic mass is 9.70. The number of amides is 2. The van der Waals surface area contributed by atoms with Gasteiger partial charge in [0.2, 0.25) is 11.8 Å². The van der Waals surface area contributed by atoms with E-state index in [9.17, 15) is 14.7 Å². The van der Waals surface area contributed by atoms with Gasteiger partial charge in [0.15, 0.2) is 0 Å². The maximum absolute atomic E-state index is 13.4. The Morgan fingerprint density at radius 3 is 2.79 bits per heavy atom. The first-order valence-corrected chi connectivity index (χ1v) is 13.0. The minimum absolute atomic E-state index is 0.000626. The Morgan fingerprint density at radius 1 is 1.21 bits per heavy atom. The summed E-state index contributed by atoms with van der Waals surface area (Å²) in [4.78, 5) is 29.1. The van der Waals surface area contributed by atoms with Gasteiger partial charge < -0.3 is 9.84 Å². The molecular weight excluding hydrogens is 446 g/mol. The van der Waals surface area contributed by atoms with E-state index in [0.717, 1.165) is 29.7 Å². The van der Waals surface area contributed by atoms with Crippen LogP contribution in [0.3, 0.4) is 0 Å². The van der Waals surface area contributed by atoms with Crippen LogP contribution in [0.5, 0.6) is 5.75 Å². The molecule has 1 N–H and O–H groups in total. The standard InChI is InChI=1S/C28H31NO4S/c1-3-18(13-19-6-4-7-20(30)14-19)9-10-24-25-17(2)12-22-26(23(25)16-33-24)28(32)29(27(22)31)15-21-8-5-11-34-21/h4-8,11,13-14,22-24,26,30H,3,9-10,12,15-16H2,1-2H3/b18-13+/t22-,23+,24-,26-/m1/s1. The second-order valence-electron chi connectivity index (χ2n) is 9.63. The van der Waals surface area contributed by atoms with Gasteiger partial charge in [0.1, 0.15) is 5.75 Å². The largest absolute Gasteiger partial charge is 0.508 e. The normalized spacial score (nSPS) is 26.9. The van der Waals surface area contributed by atoms with Crippen LogP contribution >= 0.6 is 11.3 Å². The predicted octanol–water partition coefficient (Wildman–Crippen LogP) is 5.56. The van der Waals surface area contributed by atoms with E-state index >= 15 is 0 Å². The number of ether oxygens (including phenoxy) is 1. The van der Waals surface area contributed by atoms with Gasteiger partial charge in [0.05, 0.1) is 31.1 Å². The molecule has 5 rings (SSSR count). The molecule has 2 fully saturated rings. The number of phenolic OH excluding ortho intramolecular Hbond substituents is 1. The van der Waals surface area contributed by atoms with E-state index in [2.05, 4.69) is 19.9 Å². The maximum Gasteiger partial charge on any atom is 0.234 e. The number of carbonyl (C=O) groups excluding carboxylic acids is 2. The van der Waals surface area contributed by atoms with Crippen molar-refractivity contribution in [3.63, 3.8) is 0 Å². The van der Waals surface area contributed by atoms with Crippen molar-refractivity contribution in [2.75, 3.05) is 6.61 Å². The monoisotopic (exact) mass is 477 g/mol. The fraction of sp³-hybridized carbons (Fsp3) is 0.429. The number of carbonyl (C=O) groups is 2. The molecule has 2 saturated heterocycles. The minimum Gasteiger partial charge on any atom is -0.508 e. The topological polar surface area (TPSA) is 66.8 Å². The molecular formula is C28H31NO4S. The summed E-state index contributed by atoms with van der Waals surface area (Å²) in [7, 11) is 0. The van der Waals surface area contributed by atoms with Crippen molar-refractivity contribution in [1.29, 1.82) is 0 Å². The summed E-state index contributed by atoms with van der Waals surface area (Å²) in [5.74, 6) is -0.306. The van der Waals surface area contributed by atoms with Gasteiger partial charge in [-0.2, -0.15) is 0 Å². The molecule has 2 aromatic rings. The molecule has 34 heavy (non-hydrogen) atoms. The molecule has 3 aliphatic rings. The quantitative estimate of drug-likeness (QED) is 0.419. The molecule has 0 bridgehead atoms. The minimum atomic E-state index is -0.287. The zero-order valence-corrected chi connectivity index (χ0v) is 20.5. The summed E-state index contributed by atoms with van der Waals surface area (Å²) >= 11 is 1.58. The van der Waals surface area contributed by atoms with Gasteiger partial charge >= 0.3 is 0 Å². The Morgan fingerprint density at radius 2 is 2.06 bits per heavy atom. The molecule has 6 heteroatoms. The van der Waals surface area contributed by atoms with Crippen molar-refractivity contribution >= 4 is 29.2 Å². The maximum atomic E-state index is 13.4. The third kappa shape index (κ3) is 4.25. The highest BCUT2D eigenvalue weighted by atomic mass is 32.1. The number of allylic oxidation sites excluding steroid dienone is 2. The first kappa shape index (κ1) is 23.1. The summed E-state index contributed by atoms with van der Waals surface area (Å²) in [5.41, 5.74) is 4.79. The molecule has 178 valence electrons. The van der Waals surface area contributed by atoms with E-state index in [1.807, 2.05) is 29.6 Å². The van der Waals surface area contributed by atoms with Gasteiger partial charge in [0, 0.05) is 10.8 Å². The van der Waals surface area contributed by atoms with Crippen molar-refractivity contribution in [1.82, 2.24) is 4.90 Å². The van der Waals surface area contributed by atoms with Crippen molar-refractivity contribution in [3.05, 3.63) is 68.9 Å². The highest BCUT2D eigenvalue weighted by Crippen LogP contribution is 2.50. The van der Waals surface area contributed by atoms with Crippen molar-refractivity contribution < 1.29 is 19.4 Å². The van der Waals surface area contributed by atoms with E-state index in [-0.39, 0.29) is 41.4 Å². The van der Waals surface area contributed by atoms with Crippen LogP contribution in [0.15, 0.2) is 58.5 Å². The molecule has 1 aromatic heterocycles. The molecule has 0 unspecified atom stereocenters. The SMILES string of the molecule is CC/C(=C\c1cccc(O)c1)CC[C@H]1OC[C@H]2C1=C(C)C[C@H]1C(=O)N(Cc3cccs3)C(=O)[C@H]12. The lowest BCUT2D eigenvalue weighted by Crippen LogP contribution is -2.34. The average Bonchev–Trinajstić information content (AvgIpc) is 3.54. The smallest absolute Gasteiger partial charge is 0.234 e. The Bertz CT molecular complexity index is 1150. The fourth-order valence-electron chi connectivity index (χ4n) is 5.93. The van der Waals surface area contributed by atoms with E-state index in [1.54, 1.807) is 23.5 Å². The molecule has 1 aromatic carbocycles. The number of rotatable bonds is 7. The number of benzene rings is 1. The van der Waals surface area contributed by atoms with E-state index in [0.29, 0.717) is 19.6 Å². The highest BCUT2D eigenvalue weighted by molar-refractivity contribution is 7.09. The number of hydrogen-bond acceptors (Lipinski definition) is 5. The fourth-order valence-corrected chi connectivity index (χ4v) is 6.62. The summed E-state index contributed by atoms with van der Waals surface area (Å²) in [6.45, 7) is 5.16. The van der Waals surface area contributed by atoms with Crippen LogP contribution in [0.4, 0.5) is 0 Å². The third-order valence-corrected chi connectivity index (χ3v) is 8.42. The molecule has 1 aliphatic carbocycles. The Hall–Kier alpha value is -2.70. The van der Waals surface area contributed by atoms with Crippen LogP contribution in [0.1, 0.15) is 50.0 Å². The number of imide groups is 1. The van der Waals surface area contributed by atoms with Crippen LogP contribution in [0.2, 0.25) is 0 Å². The molecule has 4 atom stereocenters. The molecule has 2 aliphatic heterocycles. The zero-order chi connectivity index (χ0) is 23.8. The first-order chi connectivity index (χ1) is 16.5. The highest BCUT2D eigenvalue weighted by Gasteiger charge is 2.56. The molecule has 3 heterocycles. The van der Waals surface area contributed by atoms with Crippen molar-refractivity contribution in [2.45, 2.75) is 52.2 Å². The number of aromatic hydroxyl groups is 1. The Labute approximate surface area is 204 Å². The van der Waals surface area contributed by atoms with Gasteiger partial charge in [-0.05, 0) is 67.3 Å². The van der Waals surface area contributed by atoms with Crippen LogP contribution in [-0.4, -0.2) is 34.5 Å². The van der Waals surface area contributed by atoms with Gasteiger partial charge in [-0.3, -0.25) is 14.5 Å². The average molecular weight is 478 g/mol. The number of hydrogen-bond donors (Lipinski definition) is 1. The second kappa shape index (κ2) is 9.51. The Balaban J connectivity index is 1.30. The van der Waals surface area contributed by atoms with Crippen molar-refractivity contribution in [2.24, 2.45) is 17.8 Å². The van der Waals surface area contributed by atoms with Gasteiger partial charge in [-0.1, -0.05) is 42.3 Å². The molecule has 2 amide bonds. The number of likely N-dealkylation sites (tertiary alicyclic amines) is 1. The van der Waals surface area contributed by atoms with Crippen LogP contribution in [-0.2, 0) is 20.9 Å². The molecule has 5 nitrogen and oxygen atoms in total. The van der Waals surface area contributed by atoms with Crippen LogP contribution < -0.4 is 0 Å². The number of fused-ring (bicyclic) bond motifs is 3. The lowest BCUT2D eigenvalue weighted by molar-refractivity contribution is -0.140. The zero-order valence-electron chi connectivity index (χ0n) is 19.7. The molecule has 0 radical (unpaired) electrons. The van der Waals surface area contributed by atoms with Crippen LogP contribution in [0.25, 0.3) is 6.08 Å². The Kier molecular flexibility index (Phi) is 6.45. The van der Waals surface area contributed by atoms with E-state index in [1.165, 1.54) is 21.6 Å². The number of nitrogens with zero attached hydrogens (tertiary/aromatic N) is 1. The van der Waals surface area contributed by atoms with E-state index in [4.69, 9.17) is 4.74 Å².